The quantitative estimate of drug-likeness (QED) is 0.423. The monoisotopic (exact) mass is 223 g/mol. The molecule has 1 saturated heterocycles. The summed E-state index contributed by atoms with van der Waals surface area (Å²) in [5.74, 6) is -1.26. The Morgan fingerprint density at radius 3 is 2.85 bits per heavy atom. The van der Waals surface area contributed by atoms with E-state index in [1.54, 1.807) is 4.90 Å². The molecule has 0 bridgehead atoms. The van der Waals surface area contributed by atoms with Gasteiger partial charge >= 0.3 is 51.4 Å². The first kappa shape index (κ1) is 11.7. The van der Waals surface area contributed by atoms with E-state index in [2.05, 4.69) is 0 Å². The van der Waals surface area contributed by atoms with E-state index in [-0.39, 0.29) is 67.6 Å². The first-order valence-corrected chi connectivity index (χ1v) is 4.47. The van der Waals surface area contributed by atoms with Crippen molar-refractivity contribution in [2.75, 3.05) is 6.54 Å². The topological polar surface area (TPSA) is 60.4 Å². The van der Waals surface area contributed by atoms with Gasteiger partial charge in [-0.3, -0.25) is 4.79 Å². The van der Waals surface area contributed by atoms with Gasteiger partial charge in [-0.15, -0.1) is 0 Å². The van der Waals surface area contributed by atoms with Crippen LogP contribution in [-0.4, -0.2) is 27.9 Å². The number of carbonyl (C=O) groups excluding carboxylic acids is 2. The van der Waals surface area contributed by atoms with Crippen molar-refractivity contribution < 1.29 is 66.1 Å². The molecule has 1 atom stereocenters. The van der Waals surface area contributed by atoms with Gasteiger partial charge in [0.25, 0.3) is 0 Å². The van der Waals surface area contributed by atoms with Gasteiger partial charge in [0.15, 0.2) is 0 Å². The Hall–Kier alpha value is 0.666. The van der Waals surface area contributed by atoms with E-state index >= 15 is 0 Å². The molecule has 0 N–H and O–H groups in total. The Kier molecular flexibility index (Phi) is 4.03. The number of carbonyl (C=O) groups is 2. The Labute approximate surface area is 122 Å². The van der Waals surface area contributed by atoms with E-state index in [0.29, 0.717) is 6.54 Å². The summed E-state index contributed by atoms with van der Waals surface area (Å²) in [4.78, 5) is 23.1. The van der Waals surface area contributed by atoms with Crippen molar-refractivity contribution in [3.63, 3.8) is 0 Å². The van der Waals surface area contributed by atoms with Crippen molar-refractivity contribution in [2.24, 2.45) is 0 Å². The SMILES string of the molecule is O=C1C=C(C(=O)[O-])N2CCC2S1.[K+]. The van der Waals surface area contributed by atoms with Crippen LogP contribution in [0.15, 0.2) is 11.8 Å². The number of carboxylic acid groups (broad SMARTS) is 1. The van der Waals surface area contributed by atoms with Crippen molar-refractivity contribution in [3.05, 3.63) is 11.8 Å². The third kappa shape index (κ3) is 2.19. The fourth-order valence-corrected chi connectivity index (χ4v) is 2.32. The van der Waals surface area contributed by atoms with Crippen LogP contribution in [0.1, 0.15) is 6.42 Å². The van der Waals surface area contributed by atoms with Gasteiger partial charge in [-0.1, -0.05) is 11.8 Å². The maximum atomic E-state index is 10.9. The molecule has 2 aliphatic heterocycles. The van der Waals surface area contributed by atoms with Gasteiger partial charge in [-0.25, -0.2) is 0 Å². The first-order chi connectivity index (χ1) is 5.68. The van der Waals surface area contributed by atoms with Crippen LogP contribution in [0.25, 0.3) is 0 Å². The van der Waals surface area contributed by atoms with Crippen LogP contribution in [-0.2, 0) is 9.59 Å². The van der Waals surface area contributed by atoms with Gasteiger partial charge in [-0.2, -0.15) is 0 Å². The normalized spacial score (nSPS) is 25.2. The van der Waals surface area contributed by atoms with E-state index in [1.807, 2.05) is 0 Å². The number of hydrogen-bond donors (Lipinski definition) is 0. The minimum atomic E-state index is -1.26. The van der Waals surface area contributed by atoms with Crippen LogP contribution in [0.3, 0.4) is 0 Å². The van der Waals surface area contributed by atoms with Crippen LogP contribution in [0, 0.1) is 0 Å². The van der Waals surface area contributed by atoms with E-state index in [0.717, 1.165) is 12.5 Å². The van der Waals surface area contributed by atoms with Crippen LogP contribution >= 0.6 is 11.8 Å². The van der Waals surface area contributed by atoms with Gasteiger partial charge in [0, 0.05) is 12.6 Å². The summed E-state index contributed by atoms with van der Waals surface area (Å²) in [5, 5.41) is 10.4. The molecule has 0 radical (unpaired) electrons. The predicted molar refractivity (Wildman–Crippen MR) is 40.8 cm³/mol. The number of rotatable bonds is 1. The minimum absolute atomic E-state index is 0. The van der Waals surface area contributed by atoms with Crippen LogP contribution < -0.4 is 56.5 Å². The summed E-state index contributed by atoms with van der Waals surface area (Å²) in [6.07, 6.45) is 2.01. The molecule has 2 rings (SSSR count). The van der Waals surface area contributed by atoms with Gasteiger partial charge in [0.2, 0.25) is 5.12 Å². The molecule has 0 aromatic carbocycles. The zero-order chi connectivity index (χ0) is 8.72. The standard InChI is InChI=1S/C7H7NO3S.K/c9-6-3-4(7(10)11)8-2-1-5(8)12-6;/h3,5H,1-2H2,(H,10,11);/q;+1/p-1. The minimum Gasteiger partial charge on any atom is -0.543 e. The van der Waals surface area contributed by atoms with Gasteiger partial charge < -0.3 is 14.8 Å². The molecular formula is C7H6KNO3S. The number of thioether (sulfide) groups is 1. The maximum Gasteiger partial charge on any atom is 1.00 e. The zero-order valence-electron chi connectivity index (χ0n) is 7.15. The molecule has 1 unspecified atom stereocenters. The number of aliphatic carboxylic acids is 1. The summed E-state index contributed by atoms with van der Waals surface area (Å²) in [6.45, 7) is 0.713. The smallest absolute Gasteiger partial charge is 0.543 e. The molecule has 1 fully saturated rings. The molecule has 2 aliphatic rings. The van der Waals surface area contributed by atoms with Crippen molar-refractivity contribution in [3.8, 4) is 0 Å². The zero-order valence-corrected chi connectivity index (χ0v) is 11.1. The Balaban J connectivity index is 0.000000845. The average Bonchev–Trinajstić information content (AvgIpc) is 1.95. The summed E-state index contributed by atoms with van der Waals surface area (Å²) >= 11 is 1.18. The number of nitrogens with zero attached hydrogens (tertiary/aromatic N) is 1. The fourth-order valence-electron chi connectivity index (χ4n) is 1.30. The Bertz CT molecular complexity index is 291. The molecule has 64 valence electrons. The molecule has 4 nitrogen and oxygen atoms in total. The number of fused-ring (bicyclic) bond motifs is 1. The van der Waals surface area contributed by atoms with E-state index in [9.17, 15) is 14.7 Å². The second-order valence-electron chi connectivity index (χ2n) is 2.69. The first-order valence-electron chi connectivity index (χ1n) is 3.59. The molecule has 0 spiro atoms. The van der Waals surface area contributed by atoms with Gasteiger partial charge in [0.1, 0.15) is 0 Å². The molecule has 0 saturated carbocycles. The predicted octanol–water partition coefficient (Wildman–Crippen LogP) is -4.07. The maximum absolute atomic E-state index is 10.9. The molecule has 6 heteroatoms. The molecule has 0 aromatic rings. The van der Waals surface area contributed by atoms with Crippen LogP contribution in [0.4, 0.5) is 0 Å². The third-order valence-corrected chi connectivity index (χ3v) is 3.10. The Morgan fingerprint density at radius 1 is 1.69 bits per heavy atom. The number of hydrogen-bond acceptors (Lipinski definition) is 5. The third-order valence-electron chi connectivity index (χ3n) is 1.99. The van der Waals surface area contributed by atoms with Crippen molar-refractivity contribution in [1.82, 2.24) is 4.90 Å². The van der Waals surface area contributed by atoms with Crippen molar-refractivity contribution in [2.45, 2.75) is 11.8 Å². The van der Waals surface area contributed by atoms with Crippen molar-refractivity contribution in [1.29, 1.82) is 0 Å². The van der Waals surface area contributed by atoms with E-state index < -0.39 is 5.97 Å². The van der Waals surface area contributed by atoms with E-state index in [1.165, 1.54) is 11.8 Å². The molecule has 2 heterocycles. The Morgan fingerprint density at radius 2 is 2.38 bits per heavy atom. The fraction of sp³-hybridized carbons (Fsp3) is 0.429. The molecular weight excluding hydrogens is 217 g/mol. The molecule has 0 aromatic heterocycles. The largest absolute Gasteiger partial charge is 1.00 e. The van der Waals surface area contributed by atoms with E-state index in [4.69, 9.17) is 0 Å². The van der Waals surface area contributed by atoms with Crippen LogP contribution in [0.5, 0.6) is 0 Å². The second kappa shape index (κ2) is 4.46. The molecule has 13 heavy (non-hydrogen) atoms. The summed E-state index contributed by atoms with van der Waals surface area (Å²) in [6, 6.07) is 0. The summed E-state index contributed by atoms with van der Waals surface area (Å²) < 4.78 is 0. The summed E-state index contributed by atoms with van der Waals surface area (Å²) in [7, 11) is 0. The molecule has 0 aliphatic carbocycles. The van der Waals surface area contributed by atoms with Gasteiger partial charge in [0.05, 0.1) is 17.0 Å². The number of carboxylic acids is 1. The van der Waals surface area contributed by atoms with Crippen molar-refractivity contribution >= 4 is 22.8 Å². The van der Waals surface area contributed by atoms with Gasteiger partial charge in [-0.05, 0) is 6.42 Å². The van der Waals surface area contributed by atoms with Crippen LogP contribution in [0.2, 0.25) is 0 Å². The second-order valence-corrected chi connectivity index (χ2v) is 3.87. The summed E-state index contributed by atoms with van der Waals surface area (Å²) in [5.41, 5.74) is 0.0370. The molecule has 0 amide bonds. The average molecular weight is 223 g/mol.